The van der Waals surface area contributed by atoms with Crippen molar-refractivity contribution in [3.63, 3.8) is 0 Å². The second-order valence-electron chi connectivity index (χ2n) is 6.25. The van der Waals surface area contributed by atoms with E-state index in [1.807, 2.05) is 30.9 Å². The van der Waals surface area contributed by atoms with Crippen LogP contribution < -0.4 is 10.1 Å². The summed E-state index contributed by atoms with van der Waals surface area (Å²) < 4.78 is 5.99. The van der Waals surface area contributed by atoms with Crippen LogP contribution in [0.15, 0.2) is 23.3 Å². The van der Waals surface area contributed by atoms with Crippen LogP contribution in [0.4, 0.5) is 0 Å². The average molecular weight is 464 g/mol. The van der Waals surface area contributed by atoms with E-state index >= 15 is 0 Å². The van der Waals surface area contributed by atoms with Gasteiger partial charge in [-0.2, -0.15) is 11.8 Å². The molecule has 1 aromatic rings. The van der Waals surface area contributed by atoms with Crippen LogP contribution in [0, 0.1) is 0 Å². The van der Waals surface area contributed by atoms with E-state index in [9.17, 15) is 0 Å². The van der Waals surface area contributed by atoms with E-state index in [4.69, 9.17) is 4.74 Å². The van der Waals surface area contributed by atoms with Crippen LogP contribution in [-0.2, 0) is 6.54 Å². The van der Waals surface area contributed by atoms with Gasteiger partial charge in [0.2, 0.25) is 5.88 Å². The second-order valence-corrected chi connectivity index (χ2v) is 8.05. The highest BCUT2D eigenvalue weighted by molar-refractivity contribution is 14.0. The highest BCUT2D eigenvalue weighted by Gasteiger charge is 2.28. The van der Waals surface area contributed by atoms with E-state index < -0.39 is 0 Å². The molecule has 1 saturated heterocycles. The summed E-state index contributed by atoms with van der Waals surface area (Å²) in [5, 5.41) is 3.46. The summed E-state index contributed by atoms with van der Waals surface area (Å²) in [6.07, 6.45) is 2.75. The van der Waals surface area contributed by atoms with Crippen LogP contribution in [0.25, 0.3) is 0 Å². The molecule has 2 heterocycles. The number of hydrogen-bond acceptors (Lipinski definition) is 4. The Hall–Kier alpha value is -0.700. The number of nitrogens with zero attached hydrogens (tertiary/aromatic N) is 3. The lowest BCUT2D eigenvalue weighted by Crippen LogP contribution is -2.50. The zero-order valence-electron chi connectivity index (χ0n) is 15.0. The zero-order valence-corrected chi connectivity index (χ0v) is 18.2. The molecule has 24 heavy (non-hydrogen) atoms. The average Bonchev–Trinajstić information content (AvgIpc) is 2.53. The first-order valence-electron chi connectivity index (χ1n) is 8.22. The van der Waals surface area contributed by atoms with Crippen LogP contribution in [0.1, 0.15) is 32.8 Å². The van der Waals surface area contributed by atoms with Gasteiger partial charge < -0.3 is 15.0 Å². The van der Waals surface area contributed by atoms with E-state index in [0.717, 1.165) is 36.8 Å². The molecule has 1 aliphatic rings. The molecule has 0 aromatic carbocycles. The Kier molecular flexibility index (Phi) is 9.18. The van der Waals surface area contributed by atoms with E-state index in [1.165, 1.54) is 0 Å². The minimum absolute atomic E-state index is 0. The first-order valence-corrected chi connectivity index (χ1v) is 9.20. The Morgan fingerprint density at radius 2 is 2.29 bits per heavy atom. The largest absolute Gasteiger partial charge is 0.477 e. The molecule has 0 unspecified atom stereocenters. The van der Waals surface area contributed by atoms with E-state index in [0.29, 0.717) is 19.0 Å². The van der Waals surface area contributed by atoms with Gasteiger partial charge >= 0.3 is 0 Å². The zero-order chi connectivity index (χ0) is 16.7. The van der Waals surface area contributed by atoms with Crippen LogP contribution in [-0.4, -0.2) is 53.1 Å². The van der Waals surface area contributed by atoms with Crippen molar-refractivity contribution in [1.82, 2.24) is 15.2 Å². The summed E-state index contributed by atoms with van der Waals surface area (Å²) in [6.45, 7) is 10.1. The first kappa shape index (κ1) is 21.3. The molecule has 0 aliphatic carbocycles. The summed E-state index contributed by atoms with van der Waals surface area (Å²) in [6, 6.07) is 3.99. The molecule has 0 bridgehead atoms. The lowest BCUT2D eigenvalue weighted by molar-refractivity contribution is 0.301. The molecule has 0 atom stereocenters. The Bertz CT molecular complexity index is 539. The summed E-state index contributed by atoms with van der Waals surface area (Å²) in [5.41, 5.74) is 1.06. The van der Waals surface area contributed by atoms with E-state index in [-0.39, 0.29) is 28.7 Å². The normalized spacial score (nSPS) is 17.2. The number of aromatic nitrogens is 1. The summed E-state index contributed by atoms with van der Waals surface area (Å²) in [4.78, 5) is 11.1. The molecule has 0 saturated carbocycles. The van der Waals surface area contributed by atoms with Gasteiger partial charge in [-0.15, -0.1) is 24.0 Å². The van der Waals surface area contributed by atoms with Crippen molar-refractivity contribution < 1.29 is 4.74 Å². The molecular formula is C17H29IN4OS. The van der Waals surface area contributed by atoms with Crippen LogP contribution >= 0.6 is 35.7 Å². The minimum atomic E-state index is 0. The quantitative estimate of drug-likeness (QED) is 0.412. The van der Waals surface area contributed by atoms with Crippen LogP contribution in [0.5, 0.6) is 5.88 Å². The number of nitrogens with one attached hydrogen (secondary N) is 1. The van der Waals surface area contributed by atoms with E-state index in [1.54, 1.807) is 6.20 Å². The predicted octanol–water partition coefficient (Wildman–Crippen LogP) is 3.39. The number of ether oxygens (including phenoxy) is 1. The fraction of sp³-hybridized carbons (Fsp3) is 0.647. The van der Waals surface area contributed by atoms with Gasteiger partial charge in [0.1, 0.15) is 0 Å². The number of halogens is 1. The van der Waals surface area contributed by atoms with Gasteiger partial charge in [0, 0.05) is 48.9 Å². The summed E-state index contributed by atoms with van der Waals surface area (Å²) in [7, 11) is 1.84. The number of hydrogen-bond donors (Lipinski definition) is 1. The molecule has 1 fully saturated rings. The molecule has 1 aromatic heterocycles. The van der Waals surface area contributed by atoms with Gasteiger partial charge in [-0.05, 0) is 26.3 Å². The molecule has 7 heteroatoms. The summed E-state index contributed by atoms with van der Waals surface area (Å²) in [5.74, 6) is 2.79. The SMILES string of the molecule is CCCOc1ncccc1CNC(=NC)N1CCSC(C)(C)C1.I. The molecule has 0 amide bonds. The number of aliphatic imine (C=N–C) groups is 1. The van der Waals surface area contributed by atoms with Crippen LogP contribution in [0.3, 0.4) is 0 Å². The van der Waals surface area contributed by atoms with Crippen molar-refractivity contribution >= 4 is 41.7 Å². The highest BCUT2D eigenvalue weighted by atomic mass is 127. The fourth-order valence-corrected chi connectivity index (χ4v) is 3.70. The highest BCUT2D eigenvalue weighted by Crippen LogP contribution is 2.29. The number of thioether (sulfide) groups is 1. The molecule has 1 N–H and O–H groups in total. The maximum absolute atomic E-state index is 5.72. The fourth-order valence-electron chi connectivity index (χ4n) is 2.59. The Morgan fingerprint density at radius 3 is 2.96 bits per heavy atom. The Balaban J connectivity index is 0.00000288. The molecule has 2 rings (SSSR count). The topological polar surface area (TPSA) is 49.8 Å². The van der Waals surface area contributed by atoms with Crippen molar-refractivity contribution in [1.29, 1.82) is 0 Å². The lowest BCUT2D eigenvalue weighted by atomic mass is 10.2. The first-order chi connectivity index (χ1) is 11.1. The van der Waals surface area contributed by atoms with Crippen molar-refractivity contribution in [2.75, 3.05) is 32.5 Å². The maximum atomic E-state index is 5.72. The number of guanidine groups is 1. The van der Waals surface area contributed by atoms with E-state index in [2.05, 4.69) is 41.0 Å². The second kappa shape index (κ2) is 10.3. The van der Waals surface area contributed by atoms with Crippen molar-refractivity contribution in [2.45, 2.75) is 38.5 Å². The molecule has 1 aliphatic heterocycles. The van der Waals surface area contributed by atoms with Gasteiger partial charge in [-0.1, -0.05) is 13.0 Å². The maximum Gasteiger partial charge on any atom is 0.218 e. The monoisotopic (exact) mass is 464 g/mol. The number of rotatable bonds is 5. The van der Waals surface area contributed by atoms with Crippen molar-refractivity contribution in [3.05, 3.63) is 23.9 Å². The molecular weight excluding hydrogens is 435 g/mol. The van der Waals surface area contributed by atoms with Gasteiger partial charge in [-0.25, -0.2) is 4.98 Å². The van der Waals surface area contributed by atoms with Gasteiger partial charge in [0.25, 0.3) is 0 Å². The Morgan fingerprint density at radius 1 is 1.50 bits per heavy atom. The smallest absolute Gasteiger partial charge is 0.218 e. The number of pyridine rings is 1. The predicted molar refractivity (Wildman–Crippen MR) is 114 cm³/mol. The van der Waals surface area contributed by atoms with Gasteiger partial charge in [0.05, 0.1) is 6.61 Å². The summed E-state index contributed by atoms with van der Waals surface area (Å²) >= 11 is 2.02. The molecule has 136 valence electrons. The Labute approximate surface area is 167 Å². The third kappa shape index (κ3) is 6.31. The third-order valence-electron chi connectivity index (χ3n) is 3.67. The van der Waals surface area contributed by atoms with Crippen molar-refractivity contribution in [2.24, 2.45) is 4.99 Å². The van der Waals surface area contributed by atoms with Gasteiger partial charge in [-0.3, -0.25) is 4.99 Å². The molecule has 0 radical (unpaired) electrons. The van der Waals surface area contributed by atoms with Gasteiger partial charge in [0.15, 0.2) is 5.96 Å². The minimum Gasteiger partial charge on any atom is -0.477 e. The van der Waals surface area contributed by atoms with Crippen molar-refractivity contribution in [3.8, 4) is 5.88 Å². The standard InChI is InChI=1S/C17H28N4OS.HI/c1-5-10-22-15-14(7-6-8-19-15)12-20-16(18-4)21-9-11-23-17(2,3)13-21;/h6-8H,5,9-13H2,1-4H3,(H,18,20);1H. The third-order valence-corrected chi connectivity index (χ3v) is 4.96. The molecule has 0 spiro atoms. The van der Waals surface area contributed by atoms with Crippen LogP contribution in [0.2, 0.25) is 0 Å². The lowest BCUT2D eigenvalue weighted by Gasteiger charge is -2.39. The molecule has 5 nitrogen and oxygen atoms in total.